The van der Waals surface area contributed by atoms with E-state index in [9.17, 15) is 24.1 Å². The molecule has 8 nitrogen and oxygen atoms in total. The number of ketones is 1. The van der Waals surface area contributed by atoms with Crippen molar-refractivity contribution in [2.45, 2.75) is 18.8 Å². The molecule has 1 aliphatic rings. The molecule has 2 heterocycles. The first-order valence-corrected chi connectivity index (χ1v) is 13.6. The number of non-ortho nitro benzene ring substituents is 1. The van der Waals surface area contributed by atoms with Crippen LogP contribution in [0, 0.1) is 15.9 Å². The number of nitrogens with zero attached hydrogens (tertiary/aromatic N) is 3. The van der Waals surface area contributed by atoms with Gasteiger partial charge in [0.2, 0.25) is 0 Å². The van der Waals surface area contributed by atoms with Crippen molar-refractivity contribution in [3.63, 3.8) is 0 Å². The highest BCUT2D eigenvalue weighted by atomic mass is 32.1. The van der Waals surface area contributed by atoms with Crippen LogP contribution >= 0.6 is 11.3 Å². The Morgan fingerprint density at radius 2 is 1.76 bits per heavy atom. The summed E-state index contributed by atoms with van der Waals surface area (Å²) < 4.78 is 20.6. The summed E-state index contributed by atoms with van der Waals surface area (Å²) in [6.07, 6.45) is 0.689. The molecule has 0 aliphatic heterocycles. The smallest absolute Gasteiger partial charge is 0.270 e. The second kappa shape index (κ2) is 10.5. The SMILES string of the molecule is COc1ccc([C@@H]2CC(=O)c3cc(-c4nc(-c5cccc([N+](=O)[O-])c5)cs4)c(=O)n(-c4ccc(F)cc4)c3C2)cc1. The molecule has 41 heavy (non-hydrogen) atoms. The number of nitro groups is 1. The molecule has 6 rings (SSSR count). The molecule has 1 aliphatic carbocycles. The van der Waals surface area contributed by atoms with E-state index in [-0.39, 0.29) is 29.4 Å². The maximum atomic E-state index is 14.1. The van der Waals surface area contributed by atoms with Crippen molar-refractivity contribution < 1.29 is 18.8 Å². The summed E-state index contributed by atoms with van der Waals surface area (Å²) in [7, 11) is 1.59. The maximum Gasteiger partial charge on any atom is 0.270 e. The fourth-order valence-electron chi connectivity index (χ4n) is 5.17. The van der Waals surface area contributed by atoms with Crippen LogP contribution in [0.25, 0.3) is 27.5 Å². The zero-order valence-electron chi connectivity index (χ0n) is 21.7. The van der Waals surface area contributed by atoms with E-state index >= 15 is 0 Å². The summed E-state index contributed by atoms with van der Waals surface area (Å²) in [5, 5.41) is 13.3. The van der Waals surface area contributed by atoms with E-state index < -0.39 is 16.3 Å². The van der Waals surface area contributed by atoms with Gasteiger partial charge in [-0.05, 0) is 60.4 Å². The number of hydrogen-bond donors (Lipinski definition) is 0. The Kier molecular flexibility index (Phi) is 6.76. The third-order valence-electron chi connectivity index (χ3n) is 7.23. The lowest BCUT2D eigenvalue weighted by atomic mass is 9.81. The minimum absolute atomic E-state index is 0.0680. The average molecular weight is 568 g/mol. The van der Waals surface area contributed by atoms with Crippen LogP contribution in [0.3, 0.4) is 0 Å². The Morgan fingerprint density at radius 1 is 1.00 bits per heavy atom. The number of hydrogen-bond acceptors (Lipinski definition) is 7. The minimum atomic E-state index is -0.480. The zero-order chi connectivity index (χ0) is 28.7. The summed E-state index contributed by atoms with van der Waals surface area (Å²) in [4.78, 5) is 43.0. The predicted molar refractivity (Wildman–Crippen MR) is 154 cm³/mol. The van der Waals surface area contributed by atoms with Crippen LogP contribution in [0.15, 0.2) is 89.0 Å². The summed E-state index contributed by atoms with van der Waals surface area (Å²) >= 11 is 1.21. The largest absolute Gasteiger partial charge is 0.497 e. The molecule has 3 aromatic carbocycles. The van der Waals surface area contributed by atoms with Gasteiger partial charge >= 0.3 is 0 Å². The van der Waals surface area contributed by atoms with Crippen LogP contribution in [-0.2, 0) is 6.42 Å². The number of nitro benzene ring substituents is 1. The number of carbonyl (C=O) groups excluding carboxylic acids is 1. The van der Waals surface area contributed by atoms with E-state index in [1.165, 1.54) is 52.3 Å². The van der Waals surface area contributed by atoms with Crippen molar-refractivity contribution in [3.05, 3.63) is 127 Å². The van der Waals surface area contributed by atoms with Crippen molar-refractivity contribution in [2.75, 3.05) is 7.11 Å². The van der Waals surface area contributed by atoms with Crippen LogP contribution in [0.2, 0.25) is 0 Å². The monoisotopic (exact) mass is 567 g/mol. The molecule has 0 amide bonds. The van der Waals surface area contributed by atoms with E-state index in [1.807, 2.05) is 24.3 Å². The Hall–Kier alpha value is -4.96. The third kappa shape index (κ3) is 4.93. The molecule has 1 atom stereocenters. The number of aromatic nitrogens is 2. The van der Waals surface area contributed by atoms with Crippen LogP contribution < -0.4 is 10.3 Å². The highest BCUT2D eigenvalue weighted by molar-refractivity contribution is 7.13. The summed E-state index contributed by atoms with van der Waals surface area (Å²) in [5.41, 5.74) is 3.15. The van der Waals surface area contributed by atoms with Gasteiger partial charge in [-0.3, -0.25) is 24.3 Å². The number of fused-ring (bicyclic) bond motifs is 1. The highest BCUT2D eigenvalue weighted by Gasteiger charge is 2.31. The van der Waals surface area contributed by atoms with Gasteiger partial charge in [-0.1, -0.05) is 24.3 Å². The number of ether oxygens (including phenoxy) is 1. The van der Waals surface area contributed by atoms with Gasteiger partial charge in [-0.2, -0.15) is 0 Å². The van der Waals surface area contributed by atoms with Crippen molar-refractivity contribution in [1.82, 2.24) is 9.55 Å². The standard InChI is InChI=1S/C31H22FN3O5S/c1-40-24-11-5-18(6-12-24)20-14-28-25(29(36)15-20)16-26(31(37)34(28)22-9-7-21(32)8-10-22)30-33-27(17-41-30)19-3-2-4-23(13-19)35(38)39/h2-13,16-17,20H,14-15H2,1H3/t20-/m0/s1. The quantitative estimate of drug-likeness (QED) is 0.169. The molecule has 5 aromatic rings. The van der Waals surface area contributed by atoms with Crippen molar-refractivity contribution in [3.8, 4) is 33.3 Å². The Morgan fingerprint density at radius 3 is 2.46 bits per heavy atom. The molecule has 204 valence electrons. The van der Waals surface area contributed by atoms with Gasteiger partial charge in [0.05, 0.1) is 23.3 Å². The Bertz CT molecular complexity index is 1860. The molecule has 0 saturated heterocycles. The van der Waals surface area contributed by atoms with Gasteiger partial charge in [-0.25, -0.2) is 9.37 Å². The molecule has 2 aromatic heterocycles. The fraction of sp³-hybridized carbons (Fsp3) is 0.129. The maximum absolute atomic E-state index is 14.1. The molecule has 0 unspecified atom stereocenters. The fourth-order valence-corrected chi connectivity index (χ4v) is 6.01. The van der Waals surface area contributed by atoms with E-state index in [2.05, 4.69) is 4.98 Å². The van der Waals surface area contributed by atoms with E-state index in [1.54, 1.807) is 30.7 Å². The normalized spacial score (nSPS) is 14.5. The number of rotatable bonds is 6. The zero-order valence-corrected chi connectivity index (χ0v) is 22.6. The van der Waals surface area contributed by atoms with Gasteiger partial charge in [0.1, 0.15) is 16.6 Å². The summed E-state index contributed by atoms with van der Waals surface area (Å²) in [6, 6.07) is 20.8. The lowest BCUT2D eigenvalue weighted by molar-refractivity contribution is -0.384. The van der Waals surface area contributed by atoms with Gasteiger partial charge in [0.25, 0.3) is 11.2 Å². The first-order chi connectivity index (χ1) is 19.8. The molecule has 0 N–H and O–H groups in total. The minimum Gasteiger partial charge on any atom is -0.497 e. The van der Waals surface area contributed by atoms with E-state index in [0.717, 1.165) is 5.56 Å². The number of benzene rings is 3. The Labute approximate surface area is 237 Å². The average Bonchev–Trinajstić information content (AvgIpc) is 3.48. The number of pyridine rings is 1. The van der Waals surface area contributed by atoms with Crippen LogP contribution in [-0.4, -0.2) is 27.4 Å². The molecule has 0 radical (unpaired) electrons. The third-order valence-corrected chi connectivity index (χ3v) is 8.11. The molecule has 0 bridgehead atoms. The lowest BCUT2D eigenvalue weighted by Gasteiger charge is -2.27. The van der Waals surface area contributed by atoms with Crippen molar-refractivity contribution >= 4 is 22.8 Å². The van der Waals surface area contributed by atoms with Gasteiger partial charge in [0.15, 0.2) is 5.78 Å². The highest BCUT2D eigenvalue weighted by Crippen LogP contribution is 2.36. The van der Waals surface area contributed by atoms with Crippen molar-refractivity contribution in [2.24, 2.45) is 0 Å². The molecular formula is C31H22FN3O5S. The van der Waals surface area contributed by atoms with Crippen LogP contribution in [0.5, 0.6) is 5.75 Å². The second-order valence-corrected chi connectivity index (χ2v) is 10.5. The van der Waals surface area contributed by atoms with Crippen LogP contribution in [0.4, 0.5) is 10.1 Å². The molecule has 10 heteroatoms. The van der Waals surface area contributed by atoms with Crippen LogP contribution in [0.1, 0.15) is 34.0 Å². The summed E-state index contributed by atoms with van der Waals surface area (Å²) in [6.45, 7) is 0. The number of methoxy groups -OCH3 is 1. The van der Waals surface area contributed by atoms with E-state index in [4.69, 9.17) is 4.74 Å². The lowest BCUT2D eigenvalue weighted by Crippen LogP contribution is -2.31. The Balaban J connectivity index is 1.48. The number of Topliss-reactive ketones (excluding diaryl/α,β-unsaturated/α-hetero) is 1. The number of carbonyl (C=O) groups is 1. The van der Waals surface area contributed by atoms with Gasteiger partial charge in [-0.15, -0.1) is 11.3 Å². The van der Waals surface area contributed by atoms with Crippen molar-refractivity contribution in [1.29, 1.82) is 0 Å². The molecule has 0 saturated carbocycles. The first-order valence-electron chi connectivity index (χ1n) is 12.7. The number of thiazole rings is 1. The number of halogens is 1. The first kappa shape index (κ1) is 26.3. The van der Waals surface area contributed by atoms with Gasteiger partial charge < -0.3 is 4.74 Å². The van der Waals surface area contributed by atoms with E-state index in [0.29, 0.717) is 45.4 Å². The topological polar surface area (TPSA) is 104 Å². The summed E-state index contributed by atoms with van der Waals surface area (Å²) in [5.74, 6) is -0.00423. The van der Waals surface area contributed by atoms with Gasteiger partial charge in [0, 0.05) is 46.4 Å². The molecular weight excluding hydrogens is 545 g/mol. The predicted octanol–water partition coefficient (Wildman–Crippen LogP) is 6.60. The second-order valence-electron chi connectivity index (χ2n) is 9.68. The molecule has 0 fully saturated rings. The molecule has 0 spiro atoms.